The van der Waals surface area contributed by atoms with Gasteiger partial charge in [-0.2, -0.15) is 5.10 Å². The molecule has 0 aliphatic heterocycles. The fourth-order valence-corrected chi connectivity index (χ4v) is 4.58. The van der Waals surface area contributed by atoms with E-state index in [0.29, 0.717) is 12.1 Å². The van der Waals surface area contributed by atoms with E-state index in [-0.39, 0.29) is 11.5 Å². The Morgan fingerprint density at radius 1 is 0.914 bits per heavy atom. The molecule has 0 unspecified atom stereocenters. The zero-order valence-corrected chi connectivity index (χ0v) is 19.8. The molecule has 0 aliphatic carbocycles. The van der Waals surface area contributed by atoms with Gasteiger partial charge in [-0.05, 0) is 46.7 Å². The first-order valence-electron chi connectivity index (χ1n) is 11.0. The van der Waals surface area contributed by atoms with Gasteiger partial charge in [0.25, 0.3) is 0 Å². The van der Waals surface area contributed by atoms with Gasteiger partial charge < -0.3 is 14.9 Å². The number of phenolic OH excluding ortho intramolecular Hbond substituents is 2. The summed E-state index contributed by atoms with van der Waals surface area (Å²) in [6.45, 7) is 0.519. The lowest BCUT2D eigenvalue weighted by atomic mass is 10.1. The Balaban J connectivity index is 1.60. The normalized spacial score (nSPS) is 12.0. The predicted molar refractivity (Wildman–Crippen MR) is 140 cm³/mol. The van der Waals surface area contributed by atoms with Crippen molar-refractivity contribution in [2.75, 3.05) is 7.11 Å². The zero-order valence-electron chi connectivity index (χ0n) is 19.0. The van der Waals surface area contributed by atoms with Crippen LogP contribution in [0.25, 0.3) is 22.0 Å². The Bertz CT molecular complexity index is 1590. The summed E-state index contributed by atoms with van der Waals surface area (Å²) in [6.07, 6.45) is 1.53. The average molecular weight is 482 g/mol. The van der Waals surface area contributed by atoms with Gasteiger partial charge in [0.05, 0.1) is 25.6 Å². The third-order valence-electron chi connectivity index (χ3n) is 5.63. The van der Waals surface area contributed by atoms with Gasteiger partial charge in [0.1, 0.15) is 5.75 Å². The lowest BCUT2D eigenvalue weighted by Crippen LogP contribution is -2.12. The molecule has 0 bridgehead atoms. The van der Waals surface area contributed by atoms with E-state index in [1.54, 1.807) is 23.9 Å². The highest BCUT2D eigenvalue weighted by atomic mass is 32.1. The van der Waals surface area contributed by atoms with E-state index in [1.165, 1.54) is 23.6 Å². The van der Waals surface area contributed by atoms with Gasteiger partial charge in [0, 0.05) is 16.5 Å². The maximum Gasteiger partial charge on any atom is 0.206 e. The van der Waals surface area contributed by atoms with Gasteiger partial charge in [-0.1, -0.05) is 54.6 Å². The Hall–Kier alpha value is -4.36. The molecule has 0 atom stereocenters. The maximum absolute atomic E-state index is 10.2. The van der Waals surface area contributed by atoms with Crippen molar-refractivity contribution in [3.63, 3.8) is 0 Å². The monoisotopic (exact) mass is 481 g/mol. The fourth-order valence-electron chi connectivity index (χ4n) is 3.74. The smallest absolute Gasteiger partial charge is 0.206 e. The van der Waals surface area contributed by atoms with Crippen LogP contribution in [0.15, 0.2) is 100 Å². The van der Waals surface area contributed by atoms with Crippen molar-refractivity contribution in [2.24, 2.45) is 10.1 Å². The van der Waals surface area contributed by atoms with Crippen LogP contribution in [-0.4, -0.2) is 28.2 Å². The fraction of sp³-hybridized carbons (Fsp3) is 0.0714. The summed E-state index contributed by atoms with van der Waals surface area (Å²) in [5.41, 5.74) is 3.37. The van der Waals surface area contributed by atoms with Crippen molar-refractivity contribution in [1.29, 1.82) is 0 Å². The molecule has 174 valence electrons. The molecular weight excluding hydrogens is 458 g/mol. The number of nitrogens with zero attached hydrogens (tertiary/aromatic N) is 3. The van der Waals surface area contributed by atoms with E-state index < -0.39 is 0 Å². The molecule has 35 heavy (non-hydrogen) atoms. The van der Waals surface area contributed by atoms with Gasteiger partial charge >= 0.3 is 0 Å². The van der Waals surface area contributed by atoms with Crippen LogP contribution in [0.2, 0.25) is 0 Å². The van der Waals surface area contributed by atoms with Gasteiger partial charge in [-0.25, -0.2) is 4.68 Å². The van der Waals surface area contributed by atoms with Crippen molar-refractivity contribution in [2.45, 2.75) is 6.54 Å². The van der Waals surface area contributed by atoms with Crippen LogP contribution in [0.5, 0.6) is 17.2 Å². The molecule has 1 aromatic heterocycles. The molecule has 4 aromatic carbocycles. The number of thiazole rings is 1. The topological polar surface area (TPSA) is 79.3 Å². The number of hydrogen-bond acceptors (Lipinski definition) is 6. The minimum atomic E-state index is -0.212. The van der Waals surface area contributed by atoms with E-state index >= 15 is 0 Å². The third kappa shape index (κ3) is 4.81. The van der Waals surface area contributed by atoms with Gasteiger partial charge in [0.15, 0.2) is 11.5 Å². The number of hydrogen-bond donors (Lipinski definition) is 2. The molecule has 1 heterocycles. The lowest BCUT2D eigenvalue weighted by Gasteiger charge is -2.07. The second-order valence-electron chi connectivity index (χ2n) is 7.90. The summed E-state index contributed by atoms with van der Waals surface area (Å²) in [4.78, 5) is 5.52. The standard InChI is InChI=1S/C28H23N3O3S/c1-34-24-13-12-20-14-22(11-10-21(20)15-24)25-18-35-28(29-16-19-6-3-2-4-7-19)31(25)30-17-23-8-5-9-26(32)27(23)33/h2-15,17-18,32-33H,16H2,1H3. The van der Waals surface area contributed by atoms with Crippen LogP contribution >= 0.6 is 11.3 Å². The van der Waals surface area contributed by atoms with E-state index in [2.05, 4.69) is 17.2 Å². The average Bonchev–Trinajstić information content (AvgIpc) is 3.31. The van der Waals surface area contributed by atoms with E-state index in [4.69, 9.17) is 9.73 Å². The molecular formula is C28H23N3O3S. The lowest BCUT2D eigenvalue weighted by molar-refractivity contribution is 0.403. The van der Waals surface area contributed by atoms with Crippen LogP contribution in [0.1, 0.15) is 11.1 Å². The van der Waals surface area contributed by atoms with Crippen LogP contribution in [0.3, 0.4) is 0 Å². The summed E-state index contributed by atoms with van der Waals surface area (Å²) in [5.74, 6) is 0.410. The number of benzene rings is 4. The third-order valence-corrected chi connectivity index (χ3v) is 6.48. The van der Waals surface area contributed by atoms with E-state index in [9.17, 15) is 10.2 Å². The van der Waals surface area contributed by atoms with Gasteiger partial charge in [-0.3, -0.25) is 4.99 Å². The number of aromatic nitrogens is 1. The number of phenols is 2. The first kappa shape index (κ1) is 22.4. The summed E-state index contributed by atoms with van der Waals surface area (Å²) < 4.78 is 7.11. The number of para-hydroxylation sites is 1. The van der Waals surface area contributed by atoms with Crippen LogP contribution in [0.4, 0.5) is 0 Å². The summed E-state index contributed by atoms with van der Waals surface area (Å²) >= 11 is 1.49. The highest BCUT2D eigenvalue weighted by Gasteiger charge is 2.10. The second kappa shape index (κ2) is 9.87. The minimum Gasteiger partial charge on any atom is -0.504 e. The number of aromatic hydroxyl groups is 2. The van der Waals surface area contributed by atoms with Gasteiger partial charge in [-0.15, -0.1) is 11.3 Å². The van der Waals surface area contributed by atoms with Gasteiger partial charge in [0.2, 0.25) is 4.80 Å². The molecule has 7 heteroatoms. The molecule has 5 aromatic rings. The summed E-state index contributed by atoms with van der Waals surface area (Å²) in [7, 11) is 1.66. The van der Waals surface area contributed by atoms with Crippen molar-refractivity contribution >= 4 is 28.3 Å². The maximum atomic E-state index is 10.2. The first-order valence-corrected chi connectivity index (χ1v) is 11.9. The molecule has 0 aliphatic rings. The number of fused-ring (bicyclic) bond motifs is 1. The molecule has 0 saturated carbocycles. The molecule has 0 spiro atoms. The van der Waals surface area contributed by atoms with Crippen LogP contribution in [-0.2, 0) is 6.54 Å². The van der Waals surface area contributed by atoms with Crippen LogP contribution < -0.4 is 9.54 Å². The summed E-state index contributed by atoms with van der Waals surface area (Å²) in [6, 6.07) is 27.0. The predicted octanol–water partition coefficient (Wildman–Crippen LogP) is 5.77. The minimum absolute atomic E-state index is 0.191. The Morgan fingerprint density at radius 2 is 1.71 bits per heavy atom. The number of methoxy groups -OCH3 is 1. The van der Waals surface area contributed by atoms with Crippen molar-refractivity contribution in [1.82, 2.24) is 4.68 Å². The molecule has 5 rings (SSSR count). The highest BCUT2D eigenvalue weighted by Crippen LogP contribution is 2.29. The largest absolute Gasteiger partial charge is 0.504 e. The molecule has 6 nitrogen and oxygen atoms in total. The SMILES string of the molecule is COc1ccc2cc(-c3csc(=NCc4ccccc4)n3N=Cc3cccc(O)c3O)ccc2c1. The Kier molecular flexibility index (Phi) is 6.32. The number of rotatable bonds is 6. The van der Waals surface area contributed by atoms with E-state index in [0.717, 1.165) is 38.1 Å². The van der Waals surface area contributed by atoms with Crippen LogP contribution in [0, 0.1) is 0 Å². The second-order valence-corrected chi connectivity index (χ2v) is 8.74. The molecule has 0 fully saturated rings. The Morgan fingerprint density at radius 3 is 2.54 bits per heavy atom. The van der Waals surface area contributed by atoms with E-state index in [1.807, 2.05) is 60.0 Å². The van der Waals surface area contributed by atoms with Crippen molar-refractivity contribution in [3.05, 3.63) is 106 Å². The van der Waals surface area contributed by atoms with Crippen molar-refractivity contribution in [3.8, 4) is 28.5 Å². The molecule has 0 saturated heterocycles. The molecule has 2 N–H and O–H groups in total. The Labute approximate surface area is 206 Å². The summed E-state index contributed by atoms with van der Waals surface area (Å²) in [5, 5.41) is 28.9. The molecule has 0 radical (unpaired) electrons. The quantitative estimate of drug-likeness (QED) is 0.239. The highest BCUT2D eigenvalue weighted by molar-refractivity contribution is 7.07. The van der Waals surface area contributed by atoms with Crippen molar-refractivity contribution < 1.29 is 14.9 Å². The number of ether oxygens (including phenoxy) is 1. The zero-order chi connectivity index (χ0) is 24.2. The first-order chi connectivity index (χ1) is 17.1. The molecule has 0 amide bonds.